The average molecular weight is 687 g/mol. The summed E-state index contributed by atoms with van der Waals surface area (Å²) in [5, 5.41) is 2.92. The number of thioether (sulfide) groups is 1. The monoisotopic (exact) mass is 685 g/mol. The Hall–Kier alpha value is -2.59. The second-order valence-corrected chi connectivity index (χ2v) is 13.9. The lowest BCUT2D eigenvalue weighted by molar-refractivity contribution is -0.216. The molecular formula is C35H34Cl3NO5S. The van der Waals surface area contributed by atoms with Crippen LogP contribution in [0.25, 0.3) is 0 Å². The Morgan fingerprint density at radius 1 is 0.689 bits per heavy atom. The number of carbonyl (C=O) groups is 1. The Bertz CT molecular complexity index is 1450. The van der Waals surface area contributed by atoms with Crippen LogP contribution < -0.4 is 5.32 Å². The molecular weight excluding hydrogens is 653 g/mol. The number of hydrogen-bond acceptors (Lipinski definition) is 6. The molecule has 1 heterocycles. The van der Waals surface area contributed by atoms with Crippen LogP contribution in [0.15, 0.2) is 126 Å². The molecule has 10 heteroatoms. The van der Waals surface area contributed by atoms with Crippen molar-refractivity contribution in [1.82, 2.24) is 5.32 Å². The van der Waals surface area contributed by atoms with Crippen LogP contribution in [-0.2, 0) is 43.6 Å². The van der Waals surface area contributed by atoms with E-state index in [4.69, 9.17) is 53.8 Å². The zero-order chi connectivity index (χ0) is 31.5. The van der Waals surface area contributed by atoms with E-state index in [1.54, 1.807) is 0 Å². The van der Waals surface area contributed by atoms with Crippen LogP contribution in [-0.4, -0.2) is 46.1 Å². The first-order chi connectivity index (χ1) is 21.9. The van der Waals surface area contributed by atoms with Crippen molar-refractivity contribution in [3.63, 3.8) is 0 Å². The summed E-state index contributed by atoms with van der Waals surface area (Å²) in [5.41, 5.74) is 2.34. The van der Waals surface area contributed by atoms with Gasteiger partial charge in [-0.1, -0.05) is 156 Å². The predicted molar refractivity (Wildman–Crippen MR) is 179 cm³/mol. The quantitative estimate of drug-likeness (QED) is 0.145. The summed E-state index contributed by atoms with van der Waals surface area (Å²) < 4.78 is 24.0. The third-order valence-corrected chi connectivity index (χ3v) is 8.86. The normalized spacial score (nSPS) is 21.7. The second kappa shape index (κ2) is 16.8. The molecule has 5 atom stereocenters. The Balaban J connectivity index is 1.48. The molecule has 1 fully saturated rings. The van der Waals surface area contributed by atoms with E-state index in [2.05, 4.69) is 5.32 Å². The van der Waals surface area contributed by atoms with Gasteiger partial charge in [0.2, 0.25) is 0 Å². The van der Waals surface area contributed by atoms with E-state index in [-0.39, 0.29) is 19.8 Å². The maximum Gasteiger partial charge on any atom is 0.272 e. The first-order valence-corrected chi connectivity index (χ1v) is 16.6. The van der Waals surface area contributed by atoms with Gasteiger partial charge in [0.15, 0.2) is 0 Å². The number of benzene rings is 4. The number of alkyl halides is 3. The molecule has 0 aromatic heterocycles. The zero-order valence-corrected chi connectivity index (χ0v) is 27.4. The molecule has 1 aliphatic rings. The Kier molecular flexibility index (Phi) is 12.6. The van der Waals surface area contributed by atoms with Crippen LogP contribution in [0.5, 0.6) is 0 Å². The molecule has 0 aliphatic carbocycles. The summed E-state index contributed by atoms with van der Waals surface area (Å²) in [4.78, 5) is 14.1. The minimum absolute atomic E-state index is 0.219. The van der Waals surface area contributed by atoms with Gasteiger partial charge in [-0.25, -0.2) is 0 Å². The lowest BCUT2D eigenvalue weighted by atomic mass is 9.97. The fraction of sp³-hybridized carbons (Fsp3) is 0.286. The zero-order valence-electron chi connectivity index (χ0n) is 24.3. The maximum absolute atomic E-state index is 13.2. The van der Waals surface area contributed by atoms with E-state index >= 15 is 0 Å². The van der Waals surface area contributed by atoms with Gasteiger partial charge in [0, 0.05) is 4.90 Å². The summed E-state index contributed by atoms with van der Waals surface area (Å²) >= 11 is 19.6. The van der Waals surface area contributed by atoms with Crippen molar-refractivity contribution in [2.45, 2.75) is 58.3 Å². The lowest BCUT2D eigenvalue weighted by Gasteiger charge is -2.46. The predicted octanol–water partition coefficient (Wildman–Crippen LogP) is 7.75. The van der Waals surface area contributed by atoms with Crippen molar-refractivity contribution in [2.24, 2.45) is 0 Å². The third kappa shape index (κ3) is 10.2. The van der Waals surface area contributed by atoms with Crippen molar-refractivity contribution >= 4 is 52.5 Å². The molecule has 4 aromatic carbocycles. The Morgan fingerprint density at radius 2 is 1.16 bits per heavy atom. The van der Waals surface area contributed by atoms with Gasteiger partial charge in [0.05, 0.1) is 32.5 Å². The van der Waals surface area contributed by atoms with E-state index in [1.165, 1.54) is 11.8 Å². The van der Waals surface area contributed by atoms with Gasteiger partial charge in [-0.3, -0.25) is 4.79 Å². The van der Waals surface area contributed by atoms with Crippen LogP contribution in [0.1, 0.15) is 16.7 Å². The SMILES string of the molecule is O=C(N[C@@H]1[C@@H](OCc2ccccc2)[C@@H](OCc2ccccc2)[C@@H](COCc2ccccc2)O[C@H]1Sc1ccccc1)C(Cl)(Cl)Cl. The molecule has 0 saturated carbocycles. The summed E-state index contributed by atoms with van der Waals surface area (Å²) in [5.74, 6) is -0.784. The average Bonchev–Trinajstić information content (AvgIpc) is 3.06. The third-order valence-electron chi connectivity index (χ3n) is 7.16. The molecule has 0 bridgehead atoms. The fourth-order valence-corrected chi connectivity index (χ4v) is 6.27. The summed E-state index contributed by atoms with van der Waals surface area (Å²) in [6, 6.07) is 38.6. The van der Waals surface area contributed by atoms with Gasteiger partial charge in [0.25, 0.3) is 9.70 Å². The minimum Gasteiger partial charge on any atom is -0.374 e. The molecule has 1 aliphatic heterocycles. The standard InChI is InChI=1S/C35H34Cl3NO5S/c36-35(37,38)34(40)39-30-32(43-23-27-17-9-3-10-18-27)31(42-22-26-15-7-2-8-16-26)29(24-41-21-25-13-5-1-6-14-25)44-33(30)45-28-19-11-4-12-20-28/h1-20,29-33H,21-24H2,(H,39,40)/t29-,30-,31+,32-,33+/m1/s1. The van der Waals surface area contributed by atoms with Crippen LogP contribution >= 0.6 is 46.6 Å². The number of ether oxygens (including phenoxy) is 4. The Morgan fingerprint density at radius 3 is 1.67 bits per heavy atom. The molecule has 0 radical (unpaired) electrons. The van der Waals surface area contributed by atoms with E-state index in [1.807, 2.05) is 121 Å². The second-order valence-electron chi connectivity index (χ2n) is 10.5. The molecule has 1 N–H and O–H groups in total. The fourth-order valence-electron chi connectivity index (χ4n) is 4.96. The molecule has 0 spiro atoms. The van der Waals surface area contributed by atoms with Crippen molar-refractivity contribution in [3.05, 3.63) is 138 Å². The number of hydrogen-bond donors (Lipinski definition) is 1. The molecule has 45 heavy (non-hydrogen) atoms. The number of rotatable bonds is 13. The van der Waals surface area contributed by atoms with E-state index in [0.29, 0.717) is 6.61 Å². The molecule has 1 saturated heterocycles. The van der Waals surface area contributed by atoms with Gasteiger partial charge in [-0.2, -0.15) is 0 Å². The van der Waals surface area contributed by atoms with E-state index in [9.17, 15) is 4.79 Å². The van der Waals surface area contributed by atoms with Crippen LogP contribution in [0.3, 0.4) is 0 Å². The van der Waals surface area contributed by atoms with Gasteiger partial charge in [-0.15, -0.1) is 0 Å². The first kappa shape index (κ1) is 33.8. The molecule has 236 valence electrons. The Labute approximate surface area is 283 Å². The van der Waals surface area contributed by atoms with E-state index in [0.717, 1.165) is 21.6 Å². The largest absolute Gasteiger partial charge is 0.374 e. The number of amides is 1. The summed E-state index contributed by atoms with van der Waals surface area (Å²) in [6.07, 6.45) is -1.91. The highest BCUT2D eigenvalue weighted by molar-refractivity contribution is 7.99. The summed E-state index contributed by atoms with van der Waals surface area (Å²) in [6.45, 7) is 1.16. The van der Waals surface area contributed by atoms with Crippen LogP contribution in [0, 0.1) is 0 Å². The van der Waals surface area contributed by atoms with Crippen molar-refractivity contribution in [3.8, 4) is 0 Å². The summed E-state index contributed by atoms with van der Waals surface area (Å²) in [7, 11) is 0. The highest BCUT2D eigenvalue weighted by atomic mass is 35.6. The maximum atomic E-state index is 13.2. The van der Waals surface area contributed by atoms with Crippen molar-refractivity contribution in [1.29, 1.82) is 0 Å². The number of nitrogens with one attached hydrogen (secondary N) is 1. The van der Waals surface area contributed by atoms with Gasteiger partial charge in [-0.05, 0) is 28.8 Å². The van der Waals surface area contributed by atoms with Gasteiger partial charge >= 0.3 is 0 Å². The topological polar surface area (TPSA) is 66.0 Å². The molecule has 4 aromatic rings. The van der Waals surface area contributed by atoms with Gasteiger partial charge < -0.3 is 24.3 Å². The minimum atomic E-state index is -2.19. The molecule has 5 rings (SSSR count). The van der Waals surface area contributed by atoms with Crippen molar-refractivity contribution in [2.75, 3.05) is 6.61 Å². The number of halogens is 3. The van der Waals surface area contributed by atoms with Crippen molar-refractivity contribution < 1.29 is 23.7 Å². The molecule has 0 unspecified atom stereocenters. The van der Waals surface area contributed by atoms with Crippen LogP contribution in [0.4, 0.5) is 0 Å². The molecule has 1 amide bonds. The smallest absolute Gasteiger partial charge is 0.272 e. The highest BCUT2D eigenvalue weighted by Gasteiger charge is 2.50. The van der Waals surface area contributed by atoms with Crippen LogP contribution in [0.2, 0.25) is 0 Å². The van der Waals surface area contributed by atoms with Gasteiger partial charge in [0.1, 0.15) is 23.7 Å². The lowest BCUT2D eigenvalue weighted by Crippen LogP contribution is -2.65. The highest BCUT2D eigenvalue weighted by Crippen LogP contribution is 2.37. The first-order valence-electron chi connectivity index (χ1n) is 14.5. The van der Waals surface area contributed by atoms with E-state index < -0.39 is 39.5 Å². The number of carbonyl (C=O) groups excluding carboxylic acids is 1. The molecule has 6 nitrogen and oxygen atoms in total.